The van der Waals surface area contributed by atoms with Crippen molar-refractivity contribution in [3.63, 3.8) is 0 Å². The number of nitrogens with zero attached hydrogens (tertiary/aromatic N) is 2. The first kappa shape index (κ1) is 16.6. The standard InChI is InChI=1S/C16H14F3N3O/c1-11(22-15-7-6-12(8-20)9-21-15)10-23-14-5-3-2-4-13(14)16(17,18)19/h2-7,9,11H,10H2,1H3,(H,21,22). The van der Waals surface area contributed by atoms with Gasteiger partial charge in [0.05, 0.1) is 17.2 Å². The maximum absolute atomic E-state index is 12.9. The van der Waals surface area contributed by atoms with E-state index in [2.05, 4.69) is 10.3 Å². The second-order valence-corrected chi connectivity index (χ2v) is 4.89. The van der Waals surface area contributed by atoms with E-state index in [0.717, 1.165) is 6.07 Å². The minimum Gasteiger partial charge on any atom is -0.491 e. The predicted octanol–water partition coefficient (Wildman–Crippen LogP) is 3.85. The number of pyridine rings is 1. The molecule has 7 heteroatoms. The Morgan fingerprint density at radius 3 is 2.61 bits per heavy atom. The number of nitrogens with one attached hydrogen (secondary N) is 1. The molecule has 1 N–H and O–H groups in total. The van der Waals surface area contributed by atoms with Crippen LogP contribution in [-0.4, -0.2) is 17.6 Å². The first-order valence-corrected chi connectivity index (χ1v) is 6.82. The zero-order valence-corrected chi connectivity index (χ0v) is 12.3. The summed E-state index contributed by atoms with van der Waals surface area (Å²) in [7, 11) is 0. The molecule has 0 saturated carbocycles. The maximum atomic E-state index is 12.9. The molecule has 0 fully saturated rings. The molecule has 0 bridgehead atoms. The zero-order valence-electron chi connectivity index (χ0n) is 12.3. The second kappa shape index (κ2) is 7.01. The van der Waals surface area contributed by atoms with Crippen molar-refractivity contribution in [1.82, 2.24) is 4.98 Å². The van der Waals surface area contributed by atoms with Crippen LogP contribution in [0.25, 0.3) is 0 Å². The molecule has 1 aromatic heterocycles. The zero-order chi connectivity index (χ0) is 16.9. The Kier molecular flexibility index (Phi) is 5.06. The lowest BCUT2D eigenvalue weighted by molar-refractivity contribution is -0.139. The molecular formula is C16H14F3N3O. The van der Waals surface area contributed by atoms with E-state index < -0.39 is 11.7 Å². The van der Waals surface area contributed by atoms with Crippen LogP contribution in [0.5, 0.6) is 5.75 Å². The van der Waals surface area contributed by atoms with Gasteiger partial charge in [-0.3, -0.25) is 0 Å². The molecule has 23 heavy (non-hydrogen) atoms. The molecule has 1 aromatic carbocycles. The highest BCUT2D eigenvalue weighted by Crippen LogP contribution is 2.35. The molecule has 0 aliphatic heterocycles. The highest BCUT2D eigenvalue weighted by atomic mass is 19.4. The Balaban J connectivity index is 1.97. The molecule has 1 atom stereocenters. The summed E-state index contributed by atoms with van der Waals surface area (Å²) in [4.78, 5) is 4.03. The molecule has 1 unspecified atom stereocenters. The Hall–Kier alpha value is -2.75. The highest BCUT2D eigenvalue weighted by Gasteiger charge is 2.34. The van der Waals surface area contributed by atoms with Gasteiger partial charge < -0.3 is 10.1 Å². The molecule has 2 rings (SSSR count). The summed E-state index contributed by atoms with van der Waals surface area (Å²) in [6.45, 7) is 1.80. The summed E-state index contributed by atoms with van der Waals surface area (Å²) >= 11 is 0. The number of halogens is 3. The van der Waals surface area contributed by atoms with Crippen molar-refractivity contribution in [3.05, 3.63) is 53.7 Å². The number of rotatable bonds is 5. The van der Waals surface area contributed by atoms with Crippen molar-refractivity contribution >= 4 is 5.82 Å². The van der Waals surface area contributed by atoms with E-state index in [-0.39, 0.29) is 18.4 Å². The number of para-hydroxylation sites is 1. The van der Waals surface area contributed by atoms with Gasteiger partial charge >= 0.3 is 6.18 Å². The minimum absolute atomic E-state index is 0.0365. The van der Waals surface area contributed by atoms with Gasteiger partial charge in [0, 0.05) is 6.20 Å². The van der Waals surface area contributed by atoms with Crippen molar-refractivity contribution in [1.29, 1.82) is 5.26 Å². The molecule has 1 heterocycles. The van der Waals surface area contributed by atoms with E-state index in [1.807, 2.05) is 6.07 Å². The number of aromatic nitrogens is 1. The van der Waals surface area contributed by atoms with Crippen molar-refractivity contribution in [2.45, 2.75) is 19.1 Å². The molecule has 120 valence electrons. The van der Waals surface area contributed by atoms with Crippen molar-refractivity contribution in [3.8, 4) is 11.8 Å². The second-order valence-electron chi connectivity index (χ2n) is 4.89. The minimum atomic E-state index is -4.46. The molecule has 4 nitrogen and oxygen atoms in total. The number of benzene rings is 1. The van der Waals surface area contributed by atoms with Crippen molar-refractivity contribution < 1.29 is 17.9 Å². The van der Waals surface area contributed by atoms with Gasteiger partial charge in [-0.25, -0.2) is 4.98 Å². The molecule has 0 saturated heterocycles. The predicted molar refractivity (Wildman–Crippen MR) is 79.0 cm³/mol. The maximum Gasteiger partial charge on any atom is 0.419 e. The summed E-state index contributed by atoms with van der Waals surface area (Å²) in [5, 5.41) is 11.7. The fourth-order valence-corrected chi connectivity index (χ4v) is 1.88. The summed E-state index contributed by atoms with van der Waals surface area (Å²) in [6.07, 6.45) is -3.04. The number of nitriles is 1. The summed E-state index contributed by atoms with van der Waals surface area (Å²) in [5.74, 6) is 0.311. The lowest BCUT2D eigenvalue weighted by atomic mass is 10.2. The topological polar surface area (TPSA) is 57.9 Å². The van der Waals surface area contributed by atoms with E-state index in [4.69, 9.17) is 10.00 Å². The fourth-order valence-electron chi connectivity index (χ4n) is 1.88. The van der Waals surface area contributed by atoms with Crippen LogP contribution in [0.15, 0.2) is 42.6 Å². The van der Waals surface area contributed by atoms with Gasteiger partial charge in [0.2, 0.25) is 0 Å². The molecule has 0 aliphatic carbocycles. The molecule has 0 spiro atoms. The Morgan fingerprint density at radius 1 is 1.26 bits per heavy atom. The Morgan fingerprint density at radius 2 is 2.00 bits per heavy atom. The first-order valence-electron chi connectivity index (χ1n) is 6.82. The first-order chi connectivity index (χ1) is 10.9. The average Bonchev–Trinajstić information content (AvgIpc) is 2.53. The fraction of sp³-hybridized carbons (Fsp3) is 0.250. The van der Waals surface area contributed by atoms with Crippen molar-refractivity contribution in [2.24, 2.45) is 0 Å². The van der Waals surface area contributed by atoms with E-state index in [1.54, 1.807) is 19.1 Å². The number of ether oxygens (including phenoxy) is 1. The van der Waals surface area contributed by atoms with Crippen molar-refractivity contribution in [2.75, 3.05) is 11.9 Å². The molecule has 2 aromatic rings. The SMILES string of the molecule is CC(COc1ccccc1C(F)(F)F)Nc1ccc(C#N)cn1. The van der Waals surface area contributed by atoms with Gasteiger partial charge in [-0.05, 0) is 31.2 Å². The summed E-state index contributed by atoms with van der Waals surface area (Å²) < 4.78 is 43.9. The van der Waals surface area contributed by atoms with Crippen LogP contribution in [0, 0.1) is 11.3 Å². The van der Waals surface area contributed by atoms with E-state index >= 15 is 0 Å². The number of hydrogen-bond donors (Lipinski definition) is 1. The van der Waals surface area contributed by atoms with Crippen LogP contribution >= 0.6 is 0 Å². The van der Waals surface area contributed by atoms with Gasteiger partial charge in [0.25, 0.3) is 0 Å². The lowest BCUT2D eigenvalue weighted by Gasteiger charge is -2.18. The largest absolute Gasteiger partial charge is 0.491 e. The van der Waals surface area contributed by atoms with Crippen LogP contribution in [0.3, 0.4) is 0 Å². The van der Waals surface area contributed by atoms with Crippen LogP contribution in [0.1, 0.15) is 18.1 Å². The number of alkyl halides is 3. The summed E-state index contributed by atoms with van der Waals surface area (Å²) in [5.41, 5.74) is -0.373. The normalized spacial score (nSPS) is 12.3. The Labute approximate surface area is 131 Å². The number of hydrogen-bond acceptors (Lipinski definition) is 4. The average molecular weight is 321 g/mol. The van der Waals surface area contributed by atoms with E-state index in [9.17, 15) is 13.2 Å². The third-order valence-electron chi connectivity index (χ3n) is 2.97. The highest BCUT2D eigenvalue weighted by molar-refractivity contribution is 5.40. The van der Waals surface area contributed by atoms with Gasteiger partial charge in [-0.15, -0.1) is 0 Å². The van der Waals surface area contributed by atoms with Crippen LogP contribution in [-0.2, 0) is 6.18 Å². The summed E-state index contributed by atoms with van der Waals surface area (Å²) in [6, 6.07) is 9.99. The van der Waals surface area contributed by atoms with Crippen LogP contribution < -0.4 is 10.1 Å². The lowest BCUT2D eigenvalue weighted by Crippen LogP contribution is -2.24. The Bertz CT molecular complexity index is 693. The molecule has 0 radical (unpaired) electrons. The van der Waals surface area contributed by atoms with E-state index in [0.29, 0.717) is 11.4 Å². The van der Waals surface area contributed by atoms with E-state index in [1.165, 1.54) is 24.4 Å². The van der Waals surface area contributed by atoms with Gasteiger partial charge in [0.1, 0.15) is 24.2 Å². The third-order valence-corrected chi connectivity index (χ3v) is 2.97. The molecule has 0 aliphatic rings. The number of anilines is 1. The van der Waals surface area contributed by atoms with Crippen LogP contribution in [0.2, 0.25) is 0 Å². The van der Waals surface area contributed by atoms with Gasteiger partial charge in [0.15, 0.2) is 0 Å². The molecular weight excluding hydrogens is 307 g/mol. The quantitative estimate of drug-likeness (QED) is 0.909. The van der Waals surface area contributed by atoms with Gasteiger partial charge in [-0.2, -0.15) is 18.4 Å². The van der Waals surface area contributed by atoms with Crippen LogP contribution in [0.4, 0.5) is 19.0 Å². The van der Waals surface area contributed by atoms with Gasteiger partial charge in [-0.1, -0.05) is 12.1 Å². The third kappa shape index (κ3) is 4.61. The smallest absolute Gasteiger partial charge is 0.419 e. The monoisotopic (exact) mass is 321 g/mol. The molecule has 0 amide bonds.